The largest absolute Gasteiger partial charge is 0.497 e. The molecule has 1 heterocycles. The number of thioether (sulfide) groups is 1. The lowest BCUT2D eigenvalue weighted by Gasteiger charge is -2.12. The molecule has 0 aromatic heterocycles. The van der Waals surface area contributed by atoms with Gasteiger partial charge in [-0.2, -0.15) is 0 Å². The minimum absolute atomic E-state index is 0.0467. The Hall–Kier alpha value is -3.38. The summed E-state index contributed by atoms with van der Waals surface area (Å²) < 4.78 is 5.42. The van der Waals surface area contributed by atoms with Crippen molar-refractivity contribution in [1.82, 2.24) is 0 Å². The van der Waals surface area contributed by atoms with Gasteiger partial charge in [-0.15, -0.1) is 11.8 Å². The van der Waals surface area contributed by atoms with Gasteiger partial charge in [-0.1, -0.05) is 30.3 Å². The van der Waals surface area contributed by atoms with Crippen LogP contribution in [-0.2, 0) is 4.79 Å². The van der Waals surface area contributed by atoms with E-state index in [0.29, 0.717) is 6.42 Å². The monoisotopic (exact) mass is 471 g/mol. The van der Waals surface area contributed by atoms with Crippen LogP contribution in [-0.4, -0.2) is 29.5 Å². The minimum atomic E-state index is -0.0467. The molecular weight excluding hydrogens is 442 g/mol. The molecule has 1 amide bonds. The molecule has 0 fully saturated rings. The SMILES string of the molecule is COc1cccc(C2=Nc3cc(C)c(C)cc3N=C(SCC(=O)Nc3c(C)cccc3C)C2)c1. The second kappa shape index (κ2) is 10.3. The van der Waals surface area contributed by atoms with E-state index >= 15 is 0 Å². The Kier molecular flexibility index (Phi) is 7.17. The molecule has 0 atom stereocenters. The van der Waals surface area contributed by atoms with Crippen molar-refractivity contribution < 1.29 is 9.53 Å². The van der Waals surface area contributed by atoms with Crippen molar-refractivity contribution in [1.29, 1.82) is 0 Å². The first kappa shape index (κ1) is 23.8. The van der Waals surface area contributed by atoms with Gasteiger partial charge in [0.25, 0.3) is 0 Å². The van der Waals surface area contributed by atoms with E-state index in [1.165, 1.54) is 22.9 Å². The smallest absolute Gasteiger partial charge is 0.234 e. The van der Waals surface area contributed by atoms with Crippen LogP contribution < -0.4 is 10.1 Å². The number of rotatable bonds is 5. The number of amides is 1. The fraction of sp³-hybridized carbons (Fsp3) is 0.250. The normalized spacial score (nSPS) is 12.9. The van der Waals surface area contributed by atoms with Crippen molar-refractivity contribution in [3.8, 4) is 5.75 Å². The van der Waals surface area contributed by atoms with E-state index in [9.17, 15) is 4.79 Å². The number of nitrogens with one attached hydrogen (secondary N) is 1. The number of ether oxygens (including phenoxy) is 1. The zero-order chi connectivity index (χ0) is 24.2. The highest BCUT2D eigenvalue weighted by Gasteiger charge is 2.18. The fourth-order valence-electron chi connectivity index (χ4n) is 3.86. The predicted octanol–water partition coefficient (Wildman–Crippen LogP) is 6.86. The van der Waals surface area contributed by atoms with Gasteiger partial charge in [-0.3, -0.25) is 9.79 Å². The summed E-state index contributed by atoms with van der Waals surface area (Å²) >= 11 is 1.46. The fourth-order valence-corrected chi connectivity index (χ4v) is 4.63. The first-order valence-corrected chi connectivity index (χ1v) is 12.2. The topological polar surface area (TPSA) is 63.1 Å². The van der Waals surface area contributed by atoms with Crippen LogP contribution in [0, 0.1) is 27.7 Å². The van der Waals surface area contributed by atoms with Gasteiger partial charge in [0.05, 0.1) is 35.0 Å². The quantitative estimate of drug-likeness (QED) is 0.442. The van der Waals surface area contributed by atoms with Gasteiger partial charge in [0.15, 0.2) is 0 Å². The number of methoxy groups -OCH3 is 1. The summed E-state index contributed by atoms with van der Waals surface area (Å²) in [4.78, 5) is 22.7. The average molecular weight is 472 g/mol. The number of hydrogen-bond donors (Lipinski definition) is 1. The molecule has 5 nitrogen and oxygen atoms in total. The molecule has 0 spiro atoms. The van der Waals surface area contributed by atoms with Crippen molar-refractivity contribution in [2.75, 3.05) is 18.2 Å². The second-order valence-electron chi connectivity index (χ2n) is 8.50. The van der Waals surface area contributed by atoms with Gasteiger partial charge in [-0.05, 0) is 74.2 Å². The number of carbonyl (C=O) groups is 1. The highest BCUT2D eigenvalue weighted by Crippen LogP contribution is 2.36. The predicted molar refractivity (Wildman–Crippen MR) is 144 cm³/mol. The lowest BCUT2D eigenvalue weighted by molar-refractivity contribution is -0.113. The summed E-state index contributed by atoms with van der Waals surface area (Å²) in [6, 6.07) is 18.1. The molecule has 174 valence electrons. The molecule has 6 heteroatoms. The molecule has 1 aliphatic rings. The van der Waals surface area contributed by atoms with Crippen LogP contribution in [0.1, 0.15) is 34.2 Å². The van der Waals surface area contributed by atoms with Crippen LogP contribution >= 0.6 is 11.8 Å². The molecule has 4 rings (SSSR count). The molecule has 3 aromatic carbocycles. The van der Waals surface area contributed by atoms with E-state index in [1.807, 2.05) is 56.3 Å². The molecule has 1 N–H and O–H groups in total. The van der Waals surface area contributed by atoms with Crippen molar-refractivity contribution >= 4 is 45.5 Å². The Morgan fingerprint density at radius 1 is 0.912 bits per heavy atom. The van der Waals surface area contributed by atoms with Crippen LogP contribution in [0.2, 0.25) is 0 Å². The molecule has 3 aromatic rings. The van der Waals surface area contributed by atoms with Crippen LogP contribution in [0.25, 0.3) is 0 Å². The first-order chi connectivity index (χ1) is 16.3. The average Bonchev–Trinajstić information content (AvgIpc) is 2.99. The lowest BCUT2D eigenvalue weighted by atomic mass is 10.1. The molecule has 34 heavy (non-hydrogen) atoms. The van der Waals surface area contributed by atoms with Crippen LogP contribution in [0.3, 0.4) is 0 Å². The van der Waals surface area contributed by atoms with Crippen molar-refractivity contribution in [2.45, 2.75) is 34.1 Å². The number of fused-ring (bicyclic) bond motifs is 1. The third-order valence-electron chi connectivity index (χ3n) is 5.93. The number of anilines is 1. The summed E-state index contributed by atoms with van der Waals surface area (Å²) in [7, 11) is 1.66. The highest BCUT2D eigenvalue weighted by atomic mass is 32.2. The summed E-state index contributed by atoms with van der Waals surface area (Å²) in [6.45, 7) is 8.17. The number of aryl methyl sites for hydroxylation is 4. The maximum atomic E-state index is 12.8. The van der Waals surface area contributed by atoms with Crippen molar-refractivity contribution in [2.24, 2.45) is 9.98 Å². The summed E-state index contributed by atoms with van der Waals surface area (Å²) in [6.07, 6.45) is 0.543. The van der Waals surface area contributed by atoms with Gasteiger partial charge in [0, 0.05) is 17.7 Å². The zero-order valence-corrected chi connectivity index (χ0v) is 21.0. The van der Waals surface area contributed by atoms with Crippen LogP contribution in [0.5, 0.6) is 5.75 Å². The third-order valence-corrected chi connectivity index (χ3v) is 6.90. The Bertz CT molecular complexity index is 1290. The number of hydrogen-bond acceptors (Lipinski definition) is 5. The third kappa shape index (κ3) is 5.39. The number of aliphatic imine (C=N–C) groups is 2. The first-order valence-electron chi connectivity index (χ1n) is 11.2. The molecule has 0 saturated heterocycles. The van der Waals surface area contributed by atoms with Gasteiger partial charge in [0.2, 0.25) is 5.91 Å². The van der Waals surface area contributed by atoms with Crippen LogP contribution in [0.15, 0.2) is 64.6 Å². The number of nitrogens with zero attached hydrogens (tertiary/aromatic N) is 2. The molecule has 1 aliphatic heterocycles. The highest BCUT2D eigenvalue weighted by molar-refractivity contribution is 8.14. The molecule has 0 saturated carbocycles. The van der Waals surface area contributed by atoms with E-state index in [4.69, 9.17) is 14.7 Å². The molecule has 0 bridgehead atoms. The Balaban J connectivity index is 1.61. The van der Waals surface area contributed by atoms with E-state index in [0.717, 1.165) is 50.3 Å². The van der Waals surface area contributed by atoms with E-state index in [2.05, 4.69) is 31.3 Å². The summed E-state index contributed by atoms with van der Waals surface area (Å²) in [5, 5.41) is 3.93. The van der Waals surface area contributed by atoms with Gasteiger partial charge < -0.3 is 10.1 Å². The lowest BCUT2D eigenvalue weighted by Crippen LogP contribution is -2.17. The van der Waals surface area contributed by atoms with Gasteiger partial charge >= 0.3 is 0 Å². The van der Waals surface area contributed by atoms with E-state index in [-0.39, 0.29) is 11.7 Å². The maximum Gasteiger partial charge on any atom is 0.234 e. The van der Waals surface area contributed by atoms with Crippen molar-refractivity contribution in [3.05, 3.63) is 82.4 Å². The summed E-state index contributed by atoms with van der Waals surface area (Å²) in [5.74, 6) is 1.01. The standard InChI is InChI=1S/C28H29N3O2S/c1-17-8-6-9-18(2)28(17)31-26(32)16-34-27-15-23(21-10-7-11-22(14-21)33-5)29-24-12-19(3)20(4)13-25(24)30-27/h6-14H,15-16H2,1-5H3,(H,31,32). The molecule has 0 aliphatic carbocycles. The molecule has 0 radical (unpaired) electrons. The molecular formula is C28H29N3O2S. The van der Waals surface area contributed by atoms with E-state index < -0.39 is 0 Å². The second-order valence-corrected chi connectivity index (χ2v) is 9.55. The van der Waals surface area contributed by atoms with Crippen LogP contribution in [0.4, 0.5) is 17.1 Å². The maximum absolute atomic E-state index is 12.8. The zero-order valence-electron chi connectivity index (χ0n) is 20.2. The summed E-state index contributed by atoms with van der Waals surface area (Å²) in [5.41, 5.74) is 8.89. The van der Waals surface area contributed by atoms with Gasteiger partial charge in [-0.25, -0.2) is 4.99 Å². The number of carbonyl (C=O) groups excluding carboxylic acids is 1. The minimum Gasteiger partial charge on any atom is -0.497 e. The Morgan fingerprint density at radius 3 is 2.24 bits per heavy atom. The Labute approximate surface area is 205 Å². The molecule has 0 unspecified atom stereocenters. The number of para-hydroxylation sites is 1. The van der Waals surface area contributed by atoms with Crippen molar-refractivity contribution in [3.63, 3.8) is 0 Å². The van der Waals surface area contributed by atoms with E-state index in [1.54, 1.807) is 7.11 Å². The Morgan fingerprint density at radius 2 is 1.56 bits per heavy atom. The number of benzene rings is 3. The van der Waals surface area contributed by atoms with Gasteiger partial charge in [0.1, 0.15) is 5.75 Å².